The van der Waals surface area contributed by atoms with E-state index in [0.717, 1.165) is 12.8 Å². The maximum Gasteiger partial charge on any atom is 0.289 e. The maximum atomic E-state index is 10.6. The first-order chi connectivity index (χ1) is 9.56. The summed E-state index contributed by atoms with van der Waals surface area (Å²) >= 11 is 5.98. The highest BCUT2D eigenvalue weighted by atomic mass is 35.5. The first kappa shape index (κ1) is 15.0. The van der Waals surface area contributed by atoms with E-state index >= 15 is 0 Å². The van der Waals surface area contributed by atoms with Gasteiger partial charge in [0.2, 0.25) is 0 Å². The van der Waals surface area contributed by atoms with E-state index in [4.69, 9.17) is 21.1 Å². The van der Waals surface area contributed by atoms with Crippen LogP contribution in [0.5, 0.6) is 0 Å². The third kappa shape index (κ3) is 3.36. The number of hydrogen-bond donors (Lipinski definition) is 1. The number of methoxy groups -OCH3 is 1. The third-order valence-corrected chi connectivity index (χ3v) is 3.74. The van der Waals surface area contributed by atoms with E-state index < -0.39 is 4.92 Å². The van der Waals surface area contributed by atoms with Crippen molar-refractivity contribution in [2.24, 2.45) is 0 Å². The lowest BCUT2D eigenvalue weighted by Gasteiger charge is -2.36. The second-order valence-corrected chi connectivity index (χ2v) is 5.04. The van der Waals surface area contributed by atoms with Crippen LogP contribution >= 0.6 is 11.6 Å². The van der Waals surface area contributed by atoms with Gasteiger partial charge in [-0.1, -0.05) is 11.6 Å². The third-order valence-electron chi connectivity index (χ3n) is 3.45. The van der Waals surface area contributed by atoms with E-state index in [1.54, 1.807) is 7.11 Å². The van der Waals surface area contributed by atoms with Crippen molar-refractivity contribution in [2.75, 3.05) is 32.2 Å². The minimum absolute atomic E-state index is 0.131. The van der Waals surface area contributed by atoms with Crippen molar-refractivity contribution in [3.05, 3.63) is 27.4 Å². The molecule has 0 aliphatic carbocycles. The SMILES string of the molecule is COC1(CNc2ncc([N+](=O)[O-])cc2Cl)CCOCC1. The second kappa shape index (κ2) is 6.34. The molecule has 1 aliphatic heterocycles. The van der Waals surface area contributed by atoms with Gasteiger partial charge in [-0.2, -0.15) is 0 Å². The van der Waals surface area contributed by atoms with Crippen LogP contribution in [0.3, 0.4) is 0 Å². The van der Waals surface area contributed by atoms with Crippen molar-refractivity contribution < 1.29 is 14.4 Å². The summed E-state index contributed by atoms with van der Waals surface area (Å²) in [5, 5.41) is 13.9. The minimum atomic E-state index is -0.530. The van der Waals surface area contributed by atoms with E-state index in [1.165, 1.54) is 12.3 Å². The van der Waals surface area contributed by atoms with Crippen molar-refractivity contribution in [3.63, 3.8) is 0 Å². The molecule has 1 aliphatic rings. The van der Waals surface area contributed by atoms with E-state index in [1.807, 2.05) is 0 Å². The van der Waals surface area contributed by atoms with Crippen LogP contribution in [0.4, 0.5) is 11.5 Å². The zero-order chi connectivity index (χ0) is 14.6. The topological polar surface area (TPSA) is 86.5 Å². The van der Waals surface area contributed by atoms with Gasteiger partial charge in [-0.25, -0.2) is 4.98 Å². The molecule has 0 amide bonds. The Labute approximate surface area is 121 Å². The van der Waals surface area contributed by atoms with Crippen LogP contribution in [-0.4, -0.2) is 42.4 Å². The lowest BCUT2D eigenvalue weighted by atomic mass is 9.94. The Morgan fingerprint density at radius 3 is 2.85 bits per heavy atom. The summed E-state index contributed by atoms with van der Waals surface area (Å²) < 4.78 is 10.9. The molecule has 20 heavy (non-hydrogen) atoms. The highest BCUT2D eigenvalue weighted by Gasteiger charge is 2.32. The van der Waals surface area contributed by atoms with Gasteiger partial charge in [0.15, 0.2) is 0 Å². The Morgan fingerprint density at radius 2 is 2.30 bits per heavy atom. The molecule has 0 atom stereocenters. The number of anilines is 1. The molecule has 0 spiro atoms. The summed E-state index contributed by atoms with van der Waals surface area (Å²) in [5.74, 6) is 0.417. The molecule has 7 nitrogen and oxygen atoms in total. The van der Waals surface area contributed by atoms with Crippen LogP contribution in [0.15, 0.2) is 12.3 Å². The van der Waals surface area contributed by atoms with Gasteiger partial charge < -0.3 is 14.8 Å². The van der Waals surface area contributed by atoms with E-state index in [9.17, 15) is 10.1 Å². The molecular weight excluding hydrogens is 286 g/mol. The van der Waals surface area contributed by atoms with Gasteiger partial charge in [0, 0.05) is 45.8 Å². The van der Waals surface area contributed by atoms with Crippen LogP contribution in [-0.2, 0) is 9.47 Å². The Balaban J connectivity index is 2.04. The fraction of sp³-hybridized carbons (Fsp3) is 0.583. The summed E-state index contributed by atoms with van der Waals surface area (Å²) in [5.41, 5.74) is -0.446. The number of aromatic nitrogens is 1. The summed E-state index contributed by atoms with van der Waals surface area (Å²) in [6.07, 6.45) is 2.74. The average Bonchev–Trinajstić information content (AvgIpc) is 2.47. The standard InChI is InChI=1S/C12H16ClN3O4/c1-19-12(2-4-20-5-3-12)8-15-11-10(13)6-9(7-14-11)16(17)18/h6-7H,2-5,8H2,1H3,(H,14,15). The van der Waals surface area contributed by atoms with Gasteiger partial charge in [0.25, 0.3) is 5.69 Å². The Morgan fingerprint density at radius 1 is 1.60 bits per heavy atom. The number of ether oxygens (including phenoxy) is 2. The quantitative estimate of drug-likeness (QED) is 0.663. The fourth-order valence-corrected chi connectivity index (χ4v) is 2.33. The maximum absolute atomic E-state index is 10.6. The van der Waals surface area contributed by atoms with Gasteiger partial charge in [0.05, 0.1) is 15.5 Å². The smallest absolute Gasteiger partial charge is 0.289 e. The van der Waals surface area contributed by atoms with Crippen LogP contribution in [0.25, 0.3) is 0 Å². The highest BCUT2D eigenvalue weighted by molar-refractivity contribution is 6.33. The molecule has 1 aromatic rings. The molecule has 1 fully saturated rings. The predicted molar refractivity (Wildman–Crippen MR) is 74.2 cm³/mol. The van der Waals surface area contributed by atoms with Gasteiger partial charge in [-0.3, -0.25) is 10.1 Å². The summed E-state index contributed by atoms with van der Waals surface area (Å²) in [7, 11) is 1.66. The summed E-state index contributed by atoms with van der Waals surface area (Å²) in [6.45, 7) is 1.82. The zero-order valence-corrected chi connectivity index (χ0v) is 11.9. The van der Waals surface area contributed by atoms with Crippen LogP contribution in [0.2, 0.25) is 5.02 Å². The van der Waals surface area contributed by atoms with Crippen molar-refractivity contribution >= 4 is 23.1 Å². The van der Waals surface area contributed by atoms with Gasteiger partial charge in [-0.15, -0.1) is 0 Å². The Kier molecular flexibility index (Phi) is 4.74. The van der Waals surface area contributed by atoms with Crippen LogP contribution in [0, 0.1) is 10.1 Å². The summed E-state index contributed by atoms with van der Waals surface area (Å²) in [6, 6.07) is 1.28. The van der Waals surface area contributed by atoms with Crippen molar-refractivity contribution in [1.29, 1.82) is 0 Å². The van der Waals surface area contributed by atoms with Crippen LogP contribution < -0.4 is 5.32 Å². The summed E-state index contributed by atoms with van der Waals surface area (Å²) in [4.78, 5) is 14.1. The molecule has 2 heterocycles. The van der Waals surface area contributed by atoms with Gasteiger partial charge in [0.1, 0.15) is 12.0 Å². The molecule has 0 radical (unpaired) electrons. The molecule has 110 valence electrons. The molecular formula is C12H16ClN3O4. The molecule has 0 saturated carbocycles. The number of halogens is 1. The van der Waals surface area contributed by atoms with Crippen molar-refractivity contribution in [3.8, 4) is 0 Å². The molecule has 2 rings (SSSR count). The molecule has 0 bridgehead atoms. The number of nitro groups is 1. The van der Waals surface area contributed by atoms with E-state index in [-0.39, 0.29) is 16.3 Å². The normalized spacial score (nSPS) is 17.7. The molecule has 0 aromatic carbocycles. The molecule has 0 unspecified atom stereocenters. The average molecular weight is 302 g/mol. The first-order valence-corrected chi connectivity index (χ1v) is 6.61. The highest BCUT2D eigenvalue weighted by Crippen LogP contribution is 2.28. The minimum Gasteiger partial charge on any atom is -0.381 e. The van der Waals surface area contributed by atoms with Gasteiger partial charge in [-0.05, 0) is 0 Å². The lowest BCUT2D eigenvalue weighted by molar-refractivity contribution is -0.385. The van der Waals surface area contributed by atoms with Crippen LogP contribution in [0.1, 0.15) is 12.8 Å². The Hall–Kier alpha value is -1.44. The number of nitrogens with zero attached hydrogens (tertiary/aromatic N) is 2. The number of hydrogen-bond acceptors (Lipinski definition) is 6. The number of nitrogens with one attached hydrogen (secondary N) is 1. The lowest BCUT2D eigenvalue weighted by Crippen LogP contribution is -2.44. The largest absolute Gasteiger partial charge is 0.381 e. The number of rotatable bonds is 5. The molecule has 8 heteroatoms. The predicted octanol–water partition coefficient (Wildman–Crippen LogP) is 2.25. The van der Waals surface area contributed by atoms with E-state index in [2.05, 4.69) is 10.3 Å². The van der Waals surface area contributed by atoms with E-state index in [0.29, 0.717) is 25.6 Å². The number of pyridine rings is 1. The zero-order valence-electron chi connectivity index (χ0n) is 11.1. The molecule has 1 saturated heterocycles. The van der Waals surface area contributed by atoms with Crippen molar-refractivity contribution in [1.82, 2.24) is 4.98 Å². The second-order valence-electron chi connectivity index (χ2n) is 4.63. The van der Waals surface area contributed by atoms with Gasteiger partial charge >= 0.3 is 0 Å². The molecule has 1 aromatic heterocycles. The molecule has 1 N–H and O–H groups in total. The Bertz CT molecular complexity index is 492. The first-order valence-electron chi connectivity index (χ1n) is 6.23. The fourth-order valence-electron chi connectivity index (χ4n) is 2.10. The monoisotopic (exact) mass is 301 g/mol. The van der Waals surface area contributed by atoms with Crippen molar-refractivity contribution in [2.45, 2.75) is 18.4 Å².